The second kappa shape index (κ2) is 12.6. The number of nitrogens with zero attached hydrogens (tertiary/aromatic N) is 5. The molecule has 40 heavy (non-hydrogen) atoms. The van der Waals surface area contributed by atoms with Crippen molar-refractivity contribution in [2.45, 2.75) is 45.4 Å². The number of rotatable bonds is 7. The van der Waals surface area contributed by atoms with E-state index in [-0.39, 0.29) is 18.1 Å². The van der Waals surface area contributed by atoms with E-state index >= 15 is 0 Å². The molecule has 3 atom stereocenters. The lowest BCUT2D eigenvalue weighted by atomic mass is 10.1. The molecule has 3 N–H and O–H groups in total. The van der Waals surface area contributed by atoms with Crippen LogP contribution in [0.4, 0.5) is 28.1 Å². The Hall–Kier alpha value is -3.80. The van der Waals surface area contributed by atoms with Crippen LogP contribution in [-0.2, 0) is 15.9 Å². The van der Waals surface area contributed by atoms with Gasteiger partial charge in [-0.25, -0.2) is 4.79 Å². The molecule has 11 heteroatoms. The zero-order chi connectivity index (χ0) is 28.1. The molecule has 0 spiro atoms. The summed E-state index contributed by atoms with van der Waals surface area (Å²) < 4.78 is 11.2. The highest BCUT2D eigenvalue weighted by atomic mass is 16.5. The SMILES string of the molecule is CC(O)Cc1ccc(NC(=O)Nc2ccc(-c3nc(N4CCOC[C@H]4C)nc(N4CCOC[C@H]4C)n3)cc2)cc1. The van der Waals surface area contributed by atoms with E-state index in [1.165, 1.54) is 0 Å². The minimum Gasteiger partial charge on any atom is -0.393 e. The minimum atomic E-state index is -0.410. The smallest absolute Gasteiger partial charge is 0.323 e. The van der Waals surface area contributed by atoms with Crippen molar-refractivity contribution in [3.05, 3.63) is 54.1 Å². The van der Waals surface area contributed by atoms with Gasteiger partial charge in [-0.05, 0) is 69.2 Å². The zero-order valence-corrected chi connectivity index (χ0v) is 23.2. The number of aliphatic hydroxyl groups excluding tert-OH is 1. The van der Waals surface area contributed by atoms with Gasteiger partial charge in [-0.2, -0.15) is 15.0 Å². The van der Waals surface area contributed by atoms with Gasteiger partial charge in [0.1, 0.15) is 0 Å². The van der Waals surface area contributed by atoms with Crippen LogP contribution in [0.1, 0.15) is 26.3 Å². The fourth-order valence-electron chi connectivity index (χ4n) is 4.85. The Balaban J connectivity index is 1.32. The molecule has 2 saturated heterocycles. The number of benzene rings is 2. The maximum absolute atomic E-state index is 12.6. The van der Waals surface area contributed by atoms with E-state index in [2.05, 4.69) is 34.3 Å². The molecule has 3 aromatic rings. The minimum absolute atomic E-state index is 0.151. The molecule has 2 amide bonds. The maximum atomic E-state index is 12.6. The van der Waals surface area contributed by atoms with Gasteiger partial charge in [-0.3, -0.25) is 0 Å². The number of anilines is 4. The lowest BCUT2D eigenvalue weighted by molar-refractivity contribution is 0.0969. The lowest BCUT2D eigenvalue weighted by Gasteiger charge is -2.36. The van der Waals surface area contributed by atoms with Gasteiger partial charge in [-0.15, -0.1) is 0 Å². The van der Waals surface area contributed by atoms with Crippen molar-refractivity contribution >= 4 is 29.3 Å². The third-order valence-corrected chi connectivity index (χ3v) is 7.00. The van der Waals surface area contributed by atoms with E-state index in [0.717, 1.165) is 11.1 Å². The molecule has 212 valence electrons. The van der Waals surface area contributed by atoms with Crippen LogP contribution < -0.4 is 20.4 Å². The number of carbonyl (C=O) groups excluding carboxylic acids is 1. The van der Waals surface area contributed by atoms with Crippen LogP contribution in [0.2, 0.25) is 0 Å². The molecule has 3 heterocycles. The van der Waals surface area contributed by atoms with E-state index < -0.39 is 6.10 Å². The van der Waals surface area contributed by atoms with Crippen molar-refractivity contribution in [1.29, 1.82) is 0 Å². The van der Waals surface area contributed by atoms with E-state index in [1.807, 2.05) is 48.5 Å². The van der Waals surface area contributed by atoms with Gasteiger partial charge in [0, 0.05) is 30.0 Å². The Kier molecular flexibility index (Phi) is 8.73. The quantitative estimate of drug-likeness (QED) is 0.407. The average Bonchev–Trinajstić information content (AvgIpc) is 2.94. The lowest BCUT2D eigenvalue weighted by Crippen LogP contribution is -2.46. The van der Waals surface area contributed by atoms with E-state index in [9.17, 15) is 9.90 Å². The molecule has 0 radical (unpaired) electrons. The summed E-state index contributed by atoms with van der Waals surface area (Å²) >= 11 is 0. The van der Waals surface area contributed by atoms with Crippen LogP contribution in [0.5, 0.6) is 0 Å². The molecule has 0 bridgehead atoms. The molecule has 1 aromatic heterocycles. The second-order valence-electron chi connectivity index (χ2n) is 10.4. The summed E-state index contributed by atoms with van der Waals surface area (Å²) in [6.07, 6.45) is 0.159. The Morgan fingerprint density at radius 2 is 1.38 bits per heavy atom. The Morgan fingerprint density at radius 1 is 0.875 bits per heavy atom. The standard InChI is InChI=1S/C29H37N7O4/c1-19-17-39-14-12-35(19)27-32-26(33-28(34-27)36-13-15-40-18-20(36)2)23-6-10-25(11-7-23)31-29(38)30-24-8-4-22(5-9-24)16-21(3)37/h4-11,19-21,37H,12-18H2,1-3H3,(H2,30,31,38)/t19-,20-,21?/m1/s1. The number of amides is 2. The van der Waals surface area contributed by atoms with Crippen LogP contribution in [-0.4, -0.2) is 83.8 Å². The fourth-order valence-corrected chi connectivity index (χ4v) is 4.85. The first-order valence-electron chi connectivity index (χ1n) is 13.8. The van der Waals surface area contributed by atoms with Crippen LogP contribution in [0, 0.1) is 0 Å². The van der Waals surface area contributed by atoms with E-state index in [1.54, 1.807) is 6.92 Å². The number of hydrogen-bond donors (Lipinski definition) is 3. The normalized spacial score (nSPS) is 20.2. The van der Waals surface area contributed by atoms with Crippen molar-refractivity contribution < 1.29 is 19.4 Å². The number of ether oxygens (including phenoxy) is 2. The van der Waals surface area contributed by atoms with Crippen molar-refractivity contribution in [1.82, 2.24) is 15.0 Å². The maximum Gasteiger partial charge on any atom is 0.323 e. The molecular weight excluding hydrogens is 510 g/mol. The van der Waals surface area contributed by atoms with Crippen molar-refractivity contribution in [3.8, 4) is 11.4 Å². The molecule has 2 aromatic carbocycles. The molecule has 11 nitrogen and oxygen atoms in total. The molecule has 0 saturated carbocycles. The van der Waals surface area contributed by atoms with Gasteiger partial charge in [0.15, 0.2) is 5.82 Å². The Bertz CT molecular complexity index is 1250. The number of morpholine rings is 2. The highest BCUT2D eigenvalue weighted by molar-refractivity contribution is 5.99. The van der Waals surface area contributed by atoms with Gasteiger partial charge in [0.2, 0.25) is 11.9 Å². The number of aromatic nitrogens is 3. The summed E-state index contributed by atoms with van der Waals surface area (Å²) in [5.41, 5.74) is 3.15. The van der Waals surface area contributed by atoms with Gasteiger partial charge in [0.25, 0.3) is 0 Å². The first kappa shape index (κ1) is 27.8. The number of carbonyl (C=O) groups is 1. The summed E-state index contributed by atoms with van der Waals surface area (Å²) in [4.78, 5) is 31.5. The van der Waals surface area contributed by atoms with Crippen LogP contribution in [0.25, 0.3) is 11.4 Å². The molecule has 1 unspecified atom stereocenters. The van der Waals surface area contributed by atoms with Gasteiger partial charge in [0.05, 0.1) is 44.6 Å². The van der Waals surface area contributed by atoms with Gasteiger partial charge >= 0.3 is 6.03 Å². The predicted octanol–water partition coefficient (Wildman–Crippen LogP) is 3.56. The van der Waals surface area contributed by atoms with Crippen molar-refractivity contribution in [3.63, 3.8) is 0 Å². The number of urea groups is 1. The van der Waals surface area contributed by atoms with Gasteiger partial charge in [-0.1, -0.05) is 12.1 Å². The third-order valence-electron chi connectivity index (χ3n) is 7.00. The van der Waals surface area contributed by atoms with Crippen LogP contribution in [0.15, 0.2) is 48.5 Å². The molecule has 2 aliphatic rings. The van der Waals surface area contributed by atoms with Crippen LogP contribution >= 0.6 is 0 Å². The molecule has 5 rings (SSSR count). The van der Waals surface area contributed by atoms with Crippen LogP contribution in [0.3, 0.4) is 0 Å². The highest BCUT2D eigenvalue weighted by Gasteiger charge is 2.27. The summed E-state index contributed by atoms with van der Waals surface area (Å²) in [7, 11) is 0. The summed E-state index contributed by atoms with van der Waals surface area (Å²) in [6, 6.07) is 14.8. The van der Waals surface area contributed by atoms with Crippen molar-refractivity contribution in [2.24, 2.45) is 0 Å². The number of aliphatic hydroxyl groups is 1. The van der Waals surface area contributed by atoms with E-state index in [0.29, 0.717) is 75.0 Å². The Labute approximate surface area is 234 Å². The van der Waals surface area contributed by atoms with Gasteiger partial charge < -0.3 is 35.0 Å². The van der Waals surface area contributed by atoms with E-state index in [4.69, 9.17) is 24.4 Å². The summed E-state index contributed by atoms with van der Waals surface area (Å²) in [6.45, 7) is 9.89. The van der Waals surface area contributed by atoms with Crippen molar-refractivity contribution in [2.75, 3.05) is 60.0 Å². The zero-order valence-electron chi connectivity index (χ0n) is 23.2. The molecule has 2 aliphatic heterocycles. The molecule has 0 aliphatic carbocycles. The average molecular weight is 548 g/mol. The first-order valence-corrected chi connectivity index (χ1v) is 13.8. The number of nitrogens with one attached hydrogen (secondary N) is 2. The summed E-state index contributed by atoms with van der Waals surface area (Å²) in [5.74, 6) is 1.84. The highest BCUT2D eigenvalue weighted by Crippen LogP contribution is 2.26. The summed E-state index contributed by atoms with van der Waals surface area (Å²) in [5, 5.41) is 15.2. The topological polar surface area (TPSA) is 125 Å². The largest absolute Gasteiger partial charge is 0.393 e. The molecule has 2 fully saturated rings. The second-order valence-corrected chi connectivity index (χ2v) is 10.4. The first-order chi connectivity index (χ1) is 19.4. The third kappa shape index (κ3) is 6.85. The fraction of sp³-hybridized carbons (Fsp3) is 0.448. The Morgan fingerprint density at radius 3 is 1.85 bits per heavy atom. The predicted molar refractivity (Wildman–Crippen MR) is 155 cm³/mol. The molecular formula is C29H37N7O4. The monoisotopic (exact) mass is 547 g/mol. The number of hydrogen-bond acceptors (Lipinski definition) is 9.